The summed E-state index contributed by atoms with van der Waals surface area (Å²) in [6.07, 6.45) is 0.554. The van der Waals surface area contributed by atoms with Crippen LogP contribution in [0.15, 0.2) is 54.7 Å². The number of benzene rings is 2. The minimum Gasteiger partial charge on any atom is -0.371 e. The summed E-state index contributed by atoms with van der Waals surface area (Å²) in [5.74, 6) is -1.52. The van der Waals surface area contributed by atoms with Crippen LogP contribution in [-0.2, 0) is 20.6 Å². The molecule has 0 saturated carbocycles. The van der Waals surface area contributed by atoms with Gasteiger partial charge in [-0.15, -0.1) is 0 Å². The summed E-state index contributed by atoms with van der Waals surface area (Å²) in [5.41, 5.74) is 1.75. The molecule has 1 spiro atoms. The molecule has 2 N–H and O–H groups in total. The Balaban J connectivity index is 0.694. The molecule has 17 heteroatoms. The monoisotopic (exact) mass is 823 g/mol. The van der Waals surface area contributed by atoms with Gasteiger partial charge >= 0.3 is 6.18 Å². The highest BCUT2D eigenvalue weighted by Gasteiger charge is 2.47. The average Bonchev–Trinajstić information content (AvgIpc) is 3.46. The van der Waals surface area contributed by atoms with Gasteiger partial charge in [0.1, 0.15) is 11.9 Å². The fourth-order valence-corrected chi connectivity index (χ4v) is 9.73. The molecule has 2 aromatic carbocycles. The molecule has 0 radical (unpaired) electrons. The number of rotatable bonds is 8. The van der Waals surface area contributed by atoms with E-state index in [9.17, 15) is 37.1 Å². The highest BCUT2D eigenvalue weighted by molar-refractivity contribution is 6.23. The zero-order valence-corrected chi connectivity index (χ0v) is 32.8. The number of carbonyl (C=O) groups is 5. The average molecular weight is 824 g/mol. The summed E-state index contributed by atoms with van der Waals surface area (Å²) >= 11 is 0. The first-order valence-electron chi connectivity index (χ1n) is 20.5. The van der Waals surface area contributed by atoms with E-state index in [-0.39, 0.29) is 35.6 Å². The summed E-state index contributed by atoms with van der Waals surface area (Å²) in [6.45, 7) is 7.50. The lowest BCUT2D eigenvalue weighted by molar-refractivity contribution is -0.138. The van der Waals surface area contributed by atoms with Crippen LogP contribution in [0.1, 0.15) is 70.4 Å². The van der Waals surface area contributed by atoms with Crippen LogP contribution in [-0.4, -0.2) is 109 Å². The first-order chi connectivity index (χ1) is 28.8. The van der Waals surface area contributed by atoms with Crippen molar-refractivity contribution in [1.82, 2.24) is 20.1 Å². The number of fused-ring (bicyclic) bond motifs is 1. The third kappa shape index (κ3) is 7.41. The molecule has 5 fully saturated rings. The van der Waals surface area contributed by atoms with E-state index in [1.807, 2.05) is 23.1 Å². The van der Waals surface area contributed by atoms with Crippen molar-refractivity contribution >= 4 is 52.4 Å². The van der Waals surface area contributed by atoms with E-state index >= 15 is 0 Å². The highest BCUT2D eigenvalue weighted by Crippen LogP contribution is 2.43. The van der Waals surface area contributed by atoms with Crippen LogP contribution in [0.5, 0.6) is 0 Å². The van der Waals surface area contributed by atoms with Crippen LogP contribution >= 0.6 is 0 Å². The van der Waals surface area contributed by atoms with Gasteiger partial charge in [-0.25, -0.2) is 4.98 Å². The fraction of sp³-hybridized carbons (Fsp3) is 0.465. The number of imide groups is 2. The third-order valence-electron chi connectivity index (χ3n) is 13.3. The Morgan fingerprint density at radius 2 is 1.53 bits per heavy atom. The van der Waals surface area contributed by atoms with Gasteiger partial charge in [0, 0.05) is 80.9 Å². The molecule has 0 bridgehead atoms. The van der Waals surface area contributed by atoms with Crippen molar-refractivity contribution in [3.63, 3.8) is 0 Å². The van der Waals surface area contributed by atoms with E-state index in [1.165, 1.54) is 12.1 Å². The van der Waals surface area contributed by atoms with Crippen molar-refractivity contribution in [2.24, 2.45) is 17.3 Å². The van der Waals surface area contributed by atoms with E-state index < -0.39 is 47.0 Å². The molecule has 6 aliphatic rings. The first kappa shape index (κ1) is 39.4. The normalized spacial score (nSPS) is 22.3. The molecule has 9 rings (SSSR count). The molecule has 312 valence electrons. The Morgan fingerprint density at radius 3 is 2.20 bits per heavy atom. The number of anilines is 4. The molecule has 1 aromatic heterocycles. The molecular formula is C43H44F3N9O5. The van der Waals surface area contributed by atoms with Crippen LogP contribution in [0.25, 0.3) is 0 Å². The Kier molecular flexibility index (Phi) is 10.0. The second-order valence-electron chi connectivity index (χ2n) is 17.1. The van der Waals surface area contributed by atoms with Gasteiger partial charge in [-0.3, -0.25) is 34.2 Å². The predicted molar refractivity (Wildman–Crippen MR) is 213 cm³/mol. The molecule has 60 heavy (non-hydrogen) atoms. The van der Waals surface area contributed by atoms with E-state index in [0.29, 0.717) is 48.9 Å². The number of nitrogens with one attached hydrogen (secondary N) is 2. The maximum atomic E-state index is 13.5. The van der Waals surface area contributed by atoms with Gasteiger partial charge in [0.25, 0.3) is 11.8 Å². The van der Waals surface area contributed by atoms with Gasteiger partial charge in [-0.05, 0) is 93.7 Å². The molecule has 7 heterocycles. The number of halogens is 3. The summed E-state index contributed by atoms with van der Waals surface area (Å²) in [5, 5.41) is 14.2. The maximum absolute atomic E-state index is 13.5. The first-order valence-corrected chi connectivity index (χ1v) is 20.5. The number of carbonyl (C=O) groups excluding carboxylic acids is 5. The smallest absolute Gasteiger partial charge is 0.371 e. The van der Waals surface area contributed by atoms with Gasteiger partial charge < -0.3 is 24.9 Å². The van der Waals surface area contributed by atoms with Crippen molar-refractivity contribution in [3.8, 4) is 6.07 Å². The second kappa shape index (κ2) is 15.2. The molecule has 3 aromatic rings. The zero-order valence-electron chi connectivity index (χ0n) is 32.8. The van der Waals surface area contributed by atoms with Crippen LogP contribution in [0.2, 0.25) is 0 Å². The Labute approximate surface area is 344 Å². The number of pyridine rings is 1. The van der Waals surface area contributed by atoms with E-state index in [1.54, 1.807) is 24.4 Å². The zero-order chi connectivity index (χ0) is 41.9. The summed E-state index contributed by atoms with van der Waals surface area (Å²) < 4.78 is 40.4. The Bertz CT molecular complexity index is 2280. The number of likely N-dealkylation sites (tertiary alicyclic amines) is 1. The molecule has 0 aliphatic carbocycles. The lowest BCUT2D eigenvalue weighted by Gasteiger charge is -2.55. The van der Waals surface area contributed by atoms with Gasteiger partial charge in [0.2, 0.25) is 17.7 Å². The molecule has 5 saturated heterocycles. The number of aromatic nitrogens is 1. The Morgan fingerprint density at radius 1 is 0.850 bits per heavy atom. The quantitative estimate of drug-likeness (QED) is 0.313. The van der Waals surface area contributed by atoms with Crippen LogP contribution in [0, 0.1) is 28.6 Å². The Hall–Kier alpha value is -6.02. The second-order valence-corrected chi connectivity index (χ2v) is 17.1. The number of amides is 5. The summed E-state index contributed by atoms with van der Waals surface area (Å²) in [6, 6.07) is 13.4. The predicted octanol–water partition coefficient (Wildman–Crippen LogP) is 4.27. The van der Waals surface area contributed by atoms with Crippen LogP contribution in [0.3, 0.4) is 0 Å². The number of piperidine rings is 3. The third-order valence-corrected chi connectivity index (χ3v) is 13.3. The van der Waals surface area contributed by atoms with Crippen molar-refractivity contribution in [1.29, 1.82) is 5.26 Å². The molecule has 5 amide bonds. The van der Waals surface area contributed by atoms with Gasteiger partial charge in [0.05, 0.1) is 40.2 Å². The minimum absolute atomic E-state index is 0.0818. The number of nitriles is 1. The van der Waals surface area contributed by atoms with Crippen molar-refractivity contribution in [2.75, 3.05) is 78.9 Å². The fourth-order valence-electron chi connectivity index (χ4n) is 9.73. The van der Waals surface area contributed by atoms with E-state index in [0.717, 1.165) is 81.0 Å². The van der Waals surface area contributed by atoms with Gasteiger partial charge in [0.15, 0.2) is 0 Å². The summed E-state index contributed by atoms with van der Waals surface area (Å²) in [4.78, 5) is 77.8. The molecule has 14 nitrogen and oxygen atoms in total. The van der Waals surface area contributed by atoms with Crippen molar-refractivity contribution in [2.45, 2.75) is 50.7 Å². The lowest BCUT2D eigenvalue weighted by Crippen LogP contribution is -2.61. The van der Waals surface area contributed by atoms with Crippen molar-refractivity contribution in [3.05, 3.63) is 77.0 Å². The highest BCUT2D eigenvalue weighted by atomic mass is 19.4. The van der Waals surface area contributed by atoms with E-state index in [4.69, 9.17) is 5.26 Å². The lowest BCUT2D eigenvalue weighted by atomic mass is 9.71. The largest absolute Gasteiger partial charge is 0.417 e. The van der Waals surface area contributed by atoms with Crippen molar-refractivity contribution < 1.29 is 37.1 Å². The number of hydrogen-bond donors (Lipinski definition) is 2. The maximum Gasteiger partial charge on any atom is 0.417 e. The molecule has 6 aliphatic heterocycles. The molecular weight excluding hydrogens is 780 g/mol. The number of nitrogens with zero attached hydrogens (tertiary/aromatic N) is 7. The van der Waals surface area contributed by atoms with Gasteiger partial charge in [-0.2, -0.15) is 18.4 Å². The summed E-state index contributed by atoms with van der Waals surface area (Å²) in [7, 11) is 0. The molecule has 1 unspecified atom stereocenters. The number of alkyl halides is 3. The number of hydrogen-bond acceptors (Lipinski definition) is 11. The van der Waals surface area contributed by atoms with Crippen LogP contribution < -0.4 is 25.3 Å². The SMILES string of the molecule is N#Cc1ccc(N2CCC(C(=O)Nc3ccc(N4CC5(CCN(CC6CN(c7ccc8c(c7)C(=O)N(C7CCC(=O)NC7=O)C8=O)C6)CC5)C4)cn3)CC2)cc1C(F)(F)F. The van der Waals surface area contributed by atoms with E-state index in [2.05, 4.69) is 30.3 Å². The standard InChI is InChI=1S/C43H44F3N9O5/c44-43(45,46)34-18-30(2-1-28(34)19-47)52-13-9-27(10-14-52)38(57)49-36-7-4-31(20-48-36)54-24-42(25-54)11-15-51(16-12-42)21-26-22-53(23-26)29-3-5-32-33(17-29)41(60)55(40(32)59)35-6-8-37(56)50-39(35)58/h1-5,7,17-18,20,26-27,35H,6,8-16,21-25H2,(H,48,49,57)(H,50,56,58). The topological polar surface area (TPSA) is 162 Å². The van der Waals surface area contributed by atoms with Crippen LogP contribution in [0.4, 0.5) is 36.1 Å². The van der Waals surface area contributed by atoms with Gasteiger partial charge in [-0.1, -0.05) is 0 Å². The minimum atomic E-state index is -4.63. The molecule has 1 atom stereocenters.